The maximum Gasteiger partial charge on any atom is 1.00 e. The SMILES string of the molecule is C.CCC(CC)O[C@H](CO)n1cnc2c1N=C(CC(=O)C(C)C)CC2=O.CCC(CC)O[C@H](COCCOC)n1cnc2c1N=C(CC(=O)C(C)C)CC2=O.COCCBr.[H-].[Na+]. The van der Waals surface area contributed by atoms with Crippen LogP contribution < -0.4 is 29.6 Å². The summed E-state index contributed by atoms with van der Waals surface area (Å²) in [6.07, 6.45) is 5.91. The van der Waals surface area contributed by atoms with Gasteiger partial charge in [0.2, 0.25) is 0 Å². The summed E-state index contributed by atoms with van der Waals surface area (Å²) in [6.45, 7) is 17.3. The van der Waals surface area contributed by atoms with Crippen molar-refractivity contribution in [2.45, 2.75) is 139 Å². The Bertz CT molecular complexity index is 1690. The number of aliphatic imine (C=N–C) groups is 2. The number of nitrogens with zero attached hydrogens (tertiary/aromatic N) is 6. The van der Waals surface area contributed by atoms with E-state index in [1.807, 2.05) is 41.5 Å². The molecule has 0 aliphatic carbocycles. The predicted octanol–water partition coefficient (Wildman–Crippen LogP) is 5.16. The van der Waals surface area contributed by atoms with E-state index < -0.39 is 12.5 Å². The fraction of sp³-hybridized carbons (Fsp3) is 0.721. The smallest absolute Gasteiger partial charge is 1.00 e. The van der Waals surface area contributed by atoms with E-state index in [0.717, 1.165) is 37.6 Å². The summed E-state index contributed by atoms with van der Waals surface area (Å²) in [6, 6.07) is 0. The molecule has 0 bridgehead atoms. The van der Waals surface area contributed by atoms with Crippen LogP contribution in [0, 0.1) is 11.8 Å². The molecular weight excluding hydrogens is 863 g/mol. The number of carbonyl (C=O) groups is 4. The monoisotopic (exact) mass is 934 g/mol. The van der Waals surface area contributed by atoms with E-state index in [1.54, 1.807) is 29.7 Å². The van der Waals surface area contributed by atoms with Gasteiger partial charge in [-0.3, -0.25) is 28.3 Å². The Kier molecular flexibility index (Phi) is 30.3. The molecule has 2 aliphatic rings. The zero-order chi connectivity index (χ0) is 44.1. The van der Waals surface area contributed by atoms with Gasteiger partial charge in [0.15, 0.2) is 47.0 Å². The molecule has 61 heavy (non-hydrogen) atoms. The zero-order valence-corrected chi connectivity index (χ0v) is 41.3. The third kappa shape index (κ3) is 18.7. The quantitative estimate of drug-likeness (QED) is 0.0827. The van der Waals surface area contributed by atoms with Gasteiger partial charge in [0, 0.05) is 55.7 Å². The van der Waals surface area contributed by atoms with E-state index in [-0.39, 0.29) is 130 Å². The van der Waals surface area contributed by atoms with Gasteiger partial charge in [-0.2, -0.15) is 0 Å². The second kappa shape index (κ2) is 31.5. The molecule has 0 fully saturated rings. The second-order valence-electron chi connectivity index (χ2n) is 14.8. The number of hydrogen-bond donors (Lipinski definition) is 1. The number of ketones is 4. The van der Waals surface area contributed by atoms with E-state index >= 15 is 0 Å². The van der Waals surface area contributed by atoms with Crippen LogP contribution in [0.4, 0.5) is 11.6 Å². The van der Waals surface area contributed by atoms with Gasteiger partial charge < -0.3 is 30.2 Å². The molecule has 0 unspecified atom stereocenters. The maximum absolute atomic E-state index is 12.6. The van der Waals surface area contributed by atoms with E-state index in [4.69, 9.17) is 18.9 Å². The van der Waals surface area contributed by atoms with E-state index in [2.05, 4.69) is 54.5 Å². The average Bonchev–Trinajstić information content (AvgIpc) is 3.84. The van der Waals surface area contributed by atoms with Gasteiger partial charge in [-0.25, -0.2) is 20.0 Å². The van der Waals surface area contributed by atoms with Crippen LogP contribution in [0.2, 0.25) is 0 Å². The summed E-state index contributed by atoms with van der Waals surface area (Å²) >= 11 is 3.18. The van der Waals surface area contributed by atoms with Gasteiger partial charge in [-0.05, 0) is 25.7 Å². The number of alkyl halides is 1. The number of imidazole rings is 2. The number of aliphatic hydroxyl groups is 1. The fourth-order valence-electron chi connectivity index (χ4n) is 5.87. The summed E-state index contributed by atoms with van der Waals surface area (Å²) in [5.41, 5.74) is 1.70. The van der Waals surface area contributed by atoms with Crippen molar-refractivity contribution in [3.63, 3.8) is 0 Å². The van der Waals surface area contributed by atoms with Crippen LogP contribution >= 0.6 is 15.9 Å². The molecule has 0 saturated carbocycles. The minimum absolute atomic E-state index is 0. The van der Waals surface area contributed by atoms with Crippen LogP contribution in [0.3, 0.4) is 0 Å². The molecule has 0 aromatic carbocycles. The molecule has 0 saturated heterocycles. The van der Waals surface area contributed by atoms with Gasteiger partial charge in [-0.1, -0.05) is 78.7 Å². The summed E-state index contributed by atoms with van der Waals surface area (Å²) in [5.74, 6) is 0.446. The third-order valence-electron chi connectivity index (χ3n) is 9.64. The van der Waals surface area contributed by atoms with E-state index in [9.17, 15) is 24.3 Å². The predicted molar refractivity (Wildman–Crippen MR) is 238 cm³/mol. The van der Waals surface area contributed by atoms with Gasteiger partial charge in [0.05, 0.1) is 70.7 Å². The van der Waals surface area contributed by atoms with Crippen LogP contribution in [-0.4, -0.2) is 124 Å². The maximum atomic E-state index is 12.6. The number of hydrogen-bond acceptors (Lipinski definition) is 14. The first kappa shape index (κ1) is 58.7. The molecule has 2 aromatic rings. The van der Waals surface area contributed by atoms with Crippen LogP contribution in [0.5, 0.6) is 0 Å². The molecule has 0 spiro atoms. The van der Waals surface area contributed by atoms with Crippen LogP contribution in [-0.2, 0) is 33.3 Å². The molecule has 2 aromatic heterocycles. The Hall–Kier alpha value is -2.32. The average molecular weight is 936 g/mol. The Morgan fingerprint density at radius 2 is 1.15 bits per heavy atom. The van der Waals surface area contributed by atoms with Gasteiger partial charge in [-0.15, -0.1) is 0 Å². The third-order valence-corrected chi connectivity index (χ3v) is 9.96. The summed E-state index contributed by atoms with van der Waals surface area (Å²) in [5, 5.41) is 10.7. The van der Waals surface area contributed by atoms with Crippen LogP contribution in [0.25, 0.3) is 0 Å². The second-order valence-corrected chi connectivity index (χ2v) is 15.6. The van der Waals surface area contributed by atoms with Crippen molar-refractivity contribution in [2.75, 3.05) is 52.6 Å². The normalized spacial score (nSPS) is 14.2. The van der Waals surface area contributed by atoms with Gasteiger partial charge in [0.1, 0.15) is 11.6 Å². The molecule has 0 radical (unpaired) electrons. The molecule has 1 N–H and O–H groups in total. The van der Waals surface area contributed by atoms with Crippen molar-refractivity contribution in [3.8, 4) is 0 Å². The zero-order valence-electron chi connectivity index (χ0n) is 38.7. The number of aliphatic hydroxyl groups excluding tert-OH is 1. The standard InChI is InChI=1S/C21H33N3O5.C18H27N3O4.C3H7BrO.CH4.Na.H/c1-6-16(7-2)29-19(12-28-9-8-27-5)24-13-22-20-18(26)11-15(23-21(20)24)10-17(25)14(3)4;1-5-13(6-2)25-16(9-22)21-10-19-17-15(24)8-12(20-18(17)21)7-14(23)11(3)4;1-5-3-2-4;;;/h13-14,16,19H,6-12H2,1-5H3;10-11,13,16,22H,5-9H2,1-4H3;2-3H2,1H3;1H4;;/q;;;;+1;-1/t19-;16-;;;;/m11..../s1. The minimum Gasteiger partial charge on any atom is -1.00 e. The summed E-state index contributed by atoms with van der Waals surface area (Å²) in [7, 11) is 3.30. The molecule has 4 rings (SSSR count). The van der Waals surface area contributed by atoms with E-state index in [0.29, 0.717) is 42.0 Å². The molecule has 18 heteroatoms. The first-order chi connectivity index (χ1) is 28.2. The van der Waals surface area contributed by atoms with Crippen LogP contribution in [0.1, 0.15) is 149 Å². The number of carbonyl (C=O) groups excluding carboxylic acids is 4. The fourth-order valence-corrected chi connectivity index (χ4v) is 6.19. The van der Waals surface area contributed by atoms with Crippen molar-refractivity contribution in [2.24, 2.45) is 21.8 Å². The number of rotatable bonds is 24. The van der Waals surface area contributed by atoms with Gasteiger partial charge in [0.25, 0.3) is 0 Å². The molecule has 16 nitrogen and oxygen atoms in total. The molecule has 2 atom stereocenters. The Labute approximate surface area is 395 Å². The largest absolute Gasteiger partial charge is 1.00 e. The van der Waals surface area contributed by atoms with Crippen molar-refractivity contribution in [1.82, 2.24) is 19.1 Å². The van der Waals surface area contributed by atoms with Crippen molar-refractivity contribution in [1.29, 1.82) is 0 Å². The van der Waals surface area contributed by atoms with Crippen molar-refractivity contribution in [3.05, 3.63) is 24.0 Å². The van der Waals surface area contributed by atoms with E-state index in [1.165, 1.54) is 6.33 Å². The number of halogens is 1. The minimum atomic E-state index is -0.655. The number of methoxy groups -OCH3 is 2. The Morgan fingerprint density at radius 1 is 0.738 bits per heavy atom. The molecule has 342 valence electrons. The summed E-state index contributed by atoms with van der Waals surface area (Å²) < 4.78 is 30.9. The van der Waals surface area contributed by atoms with Gasteiger partial charge >= 0.3 is 29.6 Å². The first-order valence-electron chi connectivity index (χ1n) is 20.6. The number of aromatic nitrogens is 4. The van der Waals surface area contributed by atoms with Crippen LogP contribution in [0.15, 0.2) is 22.6 Å². The number of fused-ring (bicyclic) bond motifs is 2. The number of Topliss-reactive ketones (excluding diaryl/α,β-unsaturated/α-hetero) is 4. The number of ether oxygens (including phenoxy) is 5. The molecular formula is C43H72BrN6NaO10. The first-order valence-corrected chi connectivity index (χ1v) is 21.8. The van der Waals surface area contributed by atoms with Crippen molar-refractivity contribution >= 4 is 62.1 Å². The Balaban J connectivity index is 0. The topological polar surface area (TPSA) is 195 Å². The molecule has 4 heterocycles. The van der Waals surface area contributed by atoms with Crippen molar-refractivity contribution < 1.29 is 79.0 Å². The molecule has 0 amide bonds. The summed E-state index contributed by atoms with van der Waals surface area (Å²) in [4.78, 5) is 66.5. The Morgan fingerprint density at radius 3 is 1.49 bits per heavy atom. The molecule has 2 aliphatic heterocycles.